The van der Waals surface area contributed by atoms with Gasteiger partial charge in [0.25, 0.3) is 0 Å². The highest BCUT2D eigenvalue weighted by Gasteiger charge is 2.04. The molecule has 0 amide bonds. The maximum atomic E-state index is 6.06. The van der Waals surface area contributed by atoms with E-state index in [4.69, 9.17) is 21.1 Å². The Morgan fingerprint density at radius 3 is 2.62 bits per heavy atom. The van der Waals surface area contributed by atoms with Crippen LogP contribution in [-0.4, -0.2) is 26.4 Å². The van der Waals surface area contributed by atoms with E-state index < -0.39 is 0 Å². The van der Waals surface area contributed by atoms with E-state index in [1.54, 1.807) is 0 Å². The molecular formula is C17H28ClNO2. The second-order valence-corrected chi connectivity index (χ2v) is 5.53. The van der Waals surface area contributed by atoms with Crippen LogP contribution < -0.4 is 10.1 Å². The number of benzene rings is 1. The van der Waals surface area contributed by atoms with Crippen molar-refractivity contribution in [1.82, 2.24) is 5.32 Å². The predicted molar refractivity (Wildman–Crippen MR) is 89.3 cm³/mol. The number of nitrogens with one attached hydrogen (secondary N) is 1. The van der Waals surface area contributed by atoms with Crippen LogP contribution in [-0.2, 0) is 11.3 Å². The number of hydrogen-bond acceptors (Lipinski definition) is 3. The Hall–Kier alpha value is -0.770. The third kappa shape index (κ3) is 8.30. The van der Waals surface area contributed by atoms with Gasteiger partial charge >= 0.3 is 0 Å². The zero-order valence-corrected chi connectivity index (χ0v) is 14.0. The summed E-state index contributed by atoms with van der Waals surface area (Å²) in [6, 6.07) is 5.79. The van der Waals surface area contributed by atoms with E-state index in [-0.39, 0.29) is 0 Å². The van der Waals surface area contributed by atoms with Gasteiger partial charge in [-0.3, -0.25) is 0 Å². The Balaban J connectivity index is 2.25. The molecule has 0 heterocycles. The molecule has 1 N–H and O–H groups in total. The highest BCUT2D eigenvalue weighted by atomic mass is 35.5. The van der Waals surface area contributed by atoms with Gasteiger partial charge in [-0.1, -0.05) is 31.9 Å². The largest absolute Gasteiger partial charge is 0.493 e. The van der Waals surface area contributed by atoms with Crippen LogP contribution in [0.15, 0.2) is 18.2 Å². The summed E-state index contributed by atoms with van der Waals surface area (Å²) in [5.41, 5.74) is 1.11. The first-order valence-electron chi connectivity index (χ1n) is 7.97. The fourth-order valence-corrected chi connectivity index (χ4v) is 2.10. The number of unbranched alkanes of at least 4 members (excludes halogenated alkanes) is 1. The van der Waals surface area contributed by atoms with E-state index in [9.17, 15) is 0 Å². The summed E-state index contributed by atoms with van der Waals surface area (Å²) < 4.78 is 11.3. The maximum Gasteiger partial charge on any atom is 0.123 e. The summed E-state index contributed by atoms with van der Waals surface area (Å²) in [4.78, 5) is 0. The van der Waals surface area contributed by atoms with Crippen molar-refractivity contribution in [3.63, 3.8) is 0 Å². The van der Waals surface area contributed by atoms with Crippen LogP contribution >= 0.6 is 11.6 Å². The molecule has 0 aliphatic heterocycles. The first-order chi connectivity index (χ1) is 10.3. The van der Waals surface area contributed by atoms with Crippen molar-refractivity contribution in [3.05, 3.63) is 28.8 Å². The molecule has 4 heteroatoms. The molecule has 0 fully saturated rings. The molecule has 1 rings (SSSR count). The van der Waals surface area contributed by atoms with Crippen LogP contribution in [0.3, 0.4) is 0 Å². The third-order valence-corrected chi connectivity index (χ3v) is 3.32. The van der Waals surface area contributed by atoms with Crippen molar-refractivity contribution in [2.75, 3.05) is 26.4 Å². The minimum Gasteiger partial charge on any atom is -0.493 e. The van der Waals surface area contributed by atoms with Gasteiger partial charge < -0.3 is 14.8 Å². The van der Waals surface area contributed by atoms with Crippen molar-refractivity contribution in [2.45, 2.75) is 46.1 Å². The van der Waals surface area contributed by atoms with Gasteiger partial charge in [-0.05, 0) is 44.0 Å². The monoisotopic (exact) mass is 313 g/mol. The SMILES string of the molecule is CCCCOCCCNCc1cc(Cl)ccc1OCCC. The molecule has 0 aromatic heterocycles. The molecule has 0 aliphatic carbocycles. The molecule has 120 valence electrons. The zero-order chi connectivity index (χ0) is 15.3. The standard InChI is InChI=1S/C17H28ClNO2/c1-3-5-11-20-12-6-9-19-14-15-13-16(18)7-8-17(15)21-10-4-2/h7-8,13,19H,3-6,9-12,14H2,1-2H3. The fourth-order valence-electron chi connectivity index (χ4n) is 1.91. The summed E-state index contributed by atoms with van der Waals surface area (Å²) >= 11 is 6.06. The fraction of sp³-hybridized carbons (Fsp3) is 0.647. The summed E-state index contributed by atoms with van der Waals surface area (Å²) in [5.74, 6) is 0.924. The Kier molecular flexibility index (Phi) is 10.3. The van der Waals surface area contributed by atoms with Gasteiger partial charge in [-0.25, -0.2) is 0 Å². The van der Waals surface area contributed by atoms with E-state index in [1.165, 1.54) is 6.42 Å². The molecule has 0 unspecified atom stereocenters. The Morgan fingerprint density at radius 2 is 1.86 bits per heavy atom. The first-order valence-corrected chi connectivity index (χ1v) is 8.35. The minimum atomic E-state index is 0.736. The first kappa shape index (κ1) is 18.3. The van der Waals surface area contributed by atoms with Crippen LogP contribution in [0.5, 0.6) is 5.75 Å². The van der Waals surface area contributed by atoms with Crippen LogP contribution in [0.2, 0.25) is 5.02 Å². The zero-order valence-electron chi connectivity index (χ0n) is 13.3. The lowest BCUT2D eigenvalue weighted by Gasteiger charge is -2.12. The summed E-state index contributed by atoms with van der Waals surface area (Å²) in [6.45, 7) is 8.42. The smallest absolute Gasteiger partial charge is 0.123 e. The summed E-state index contributed by atoms with van der Waals surface area (Å²) in [5, 5.41) is 4.17. The van der Waals surface area contributed by atoms with E-state index in [2.05, 4.69) is 19.2 Å². The normalized spacial score (nSPS) is 10.8. The van der Waals surface area contributed by atoms with Crippen LogP contribution in [0.25, 0.3) is 0 Å². The highest BCUT2D eigenvalue weighted by molar-refractivity contribution is 6.30. The van der Waals surface area contributed by atoms with Crippen LogP contribution in [0, 0.1) is 0 Å². The summed E-state index contributed by atoms with van der Waals surface area (Å²) in [7, 11) is 0. The third-order valence-electron chi connectivity index (χ3n) is 3.08. The molecule has 1 aromatic carbocycles. The maximum absolute atomic E-state index is 6.06. The average Bonchev–Trinajstić information content (AvgIpc) is 2.49. The van der Waals surface area contributed by atoms with Crippen molar-refractivity contribution in [3.8, 4) is 5.75 Å². The van der Waals surface area contributed by atoms with Gasteiger partial charge in [0.2, 0.25) is 0 Å². The predicted octanol–water partition coefficient (Wildman–Crippen LogP) is 4.43. The molecule has 0 atom stereocenters. The van der Waals surface area contributed by atoms with Gasteiger partial charge in [-0.15, -0.1) is 0 Å². The van der Waals surface area contributed by atoms with Crippen LogP contribution in [0.1, 0.15) is 45.1 Å². The number of ether oxygens (including phenoxy) is 2. The molecule has 0 bridgehead atoms. The Labute approximate surface area is 134 Å². The second kappa shape index (κ2) is 11.8. The lowest BCUT2D eigenvalue weighted by atomic mass is 10.2. The molecule has 3 nitrogen and oxygen atoms in total. The van der Waals surface area contributed by atoms with E-state index in [1.807, 2.05) is 18.2 Å². The molecule has 0 aliphatic rings. The highest BCUT2D eigenvalue weighted by Crippen LogP contribution is 2.23. The molecule has 0 saturated carbocycles. The van der Waals surface area contributed by atoms with E-state index in [0.29, 0.717) is 0 Å². The lowest BCUT2D eigenvalue weighted by molar-refractivity contribution is 0.128. The summed E-state index contributed by atoms with van der Waals surface area (Å²) in [6.07, 6.45) is 4.36. The van der Waals surface area contributed by atoms with E-state index in [0.717, 1.165) is 68.5 Å². The van der Waals surface area contributed by atoms with Crippen molar-refractivity contribution in [2.24, 2.45) is 0 Å². The minimum absolute atomic E-state index is 0.736. The lowest BCUT2D eigenvalue weighted by Crippen LogP contribution is -2.17. The van der Waals surface area contributed by atoms with Gasteiger partial charge in [0.1, 0.15) is 5.75 Å². The molecule has 0 spiro atoms. The second-order valence-electron chi connectivity index (χ2n) is 5.10. The molecule has 0 radical (unpaired) electrons. The Morgan fingerprint density at radius 1 is 1.05 bits per heavy atom. The van der Waals surface area contributed by atoms with Crippen molar-refractivity contribution in [1.29, 1.82) is 0 Å². The quantitative estimate of drug-likeness (QED) is 0.579. The van der Waals surface area contributed by atoms with Gasteiger partial charge in [0.05, 0.1) is 6.61 Å². The van der Waals surface area contributed by atoms with Gasteiger partial charge in [-0.2, -0.15) is 0 Å². The molecule has 1 aromatic rings. The topological polar surface area (TPSA) is 30.5 Å². The number of hydrogen-bond donors (Lipinski definition) is 1. The average molecular weight is 314 g/mol. The molecular weight excluding hydrogens is 286 g/mol. The van der Waals surface area contributed by atoms with Gasteiger partial charge in [0.15, 0.2) is 0 Å². The van der Waals surface area contributed by atoms with Crippen molar-refractivity contribution < 1.29 is 9.47 Å². The van der Waals surface area contributed by atoms with Crippen LogP contribution in [0.4, 0.5) is 0 Å². The number of rotatable bonds is 12. The Bertz CT molecular complexity index is 385. The van der Waals surface area contributed by atoms with Gasteiger partial charge in [0, 0.05) is 30.3 Å². The molecule has 0 saturated heterocycles. The van der Waals surface area contributed by atoms with E-state index >= 15 is 0 Å². The number of halogens is 1. The van der Waals surface area contributed by atoms with Crippen molar-refractivity contribution >= 4 is 11.6 Å². The molecule has 21 heavy (non-hydrogen) atoms.